The minimum absolute atomic E-state index is 0.0179. The van der Waals surface area contributed by atoms with Gasteiger partial charge in [-0.1, -0.05) is 12.1 Å². The number of anilines is 1. The second kappa shape index (κ2) is 10.4. The summed E-state index contributed by atoms with van der Waals surface area (Å²) in [6.07, 6.45) is 1.26. The molecule has 0 bridgehead atoms. The number of hydrogen-bond acceptors (Lipinski definition) is 4. The van der Waals surface area contributed by atoms with Gasteiger partial charge >= 0.3 is 5.97 Å². The number of rotatable bonds is 7. The van der Waals surface area contributed by atoms with Crippen LogP contribution in [0.15, 0.2) is 18.2 Å². The van der Waals surface area contributed by atoms with Crippen LogP contribution in [0.1, 0.15) is 37.8 Å². The molecule has 2 N–H and O–H groups in total. The van der Waals surface area contributed by atoms with Crippen LogP contribution < -0.4 is 10.2 Å². The van der Waals surface area contributed by atoms with E-state index >= 15 is 0 Å². The molecule has 1 aliphatic rings. The predicted octanol–water partition coefficient (Wildman–Crippen LogP) is 0.947. The average Bonchev–Trinajstić information content (AvgIpc) is 2.70. The van der Waals surface area contributed by atoms with Crippen molar-refractivity contribution in [2.24, 2.45) is 5.92 Å². The van der Waals surface area contributed by atoms with Crippen LogP contribution in [-0.4, -0.2) is 62.0 Å². The maximum atomic E-state index is 12.8. The van der Waals surface area contributed by atoms with E-state index in [-0.39, 0.29) is 36.3 Å². The normalized spacial score (nSPS) is 16.8. The van der Waals surface area contributed by atoms with E-state index in [2.05, 4.69) is 5.32 Å². The van der Waals surface area contributed by atoms with E-state index in [9.17, 15) is 14.4 Å². The molecule has 1 aliphatic heterocycles. The first-order valence-corrected chi connectivity index (χ1v) is 10.4. The SMILES string of the molecule is CCOC(=O)C1CCN(C(=O)[C@H](C)[NH+](C)CC(=O)Nc2cccc(C)c2C)CC1. The number of likely N-dealkylation sites (N-methyl/N-ethyl adjacent to an activating group) is 1. The zero-order valence-corrected chi connectivity index (χ0v) is 18.2. The zero-order chi connectivity index (χ0) is 21.6. The first-order chi connectivity index (χ1) is 13.7. The topological polar surface area (TPSA) is 80.2 Å². The van der Waals surface area contributed by atoms with Gasteiger partial charge in [-0.25, -0.2) is 0 Å². The number of esters is 1. The van der Waals surface area contributed by atoms with Gasteiger partial charge in [0.05, 0.1) is 19.6 Å². The highest BCUT2D eigenvalue weighted by Gasteiger charge is 2.33. The monoisotopic (exact) mass is 404 g/mol. The average molecular weight is 405 g/mol. The summed E-state index contributed by atoms with van der Waals surface area (Å²) >= 11 is 0. The largest absolute Gasteiger partial charge is 0.466 e. The van der Waals surface area contributed by atoms with Crippen molar-refractivity contribution in [2.75, 3.05) is 38.6 Å². The molecule has 0 aromatic heterocycles. The molecule has 0 aliphatic carbocycles. The van der Waals surface area contributed by atoms with Crippen molar-refractivity contribution < 1.29 is 24.0 Å². The van der Waals surface area contributed by atoms with Crippen molar-refractivity contribution in [1.82, 2.24) is 4.90 Å². The van der Waals surface area contributed by atoms with Gasteiger partial charge in [0, 0.05) is 18.8 Å². The van der Waals surface area contributed by atoms with E-state index in [1.165, 1.54) is 0 Å². The minimum Gasteiger partial charge on any atom is -0.466 e. The fourth-order valence-electron chi connectivity index (χ4n) is 3.57. The van der Waals surface area contributed by atoms with E-state index in [0.29, 0.717) is 32.5 Å². The van der Waals surface area contributed by atoms with Crippen LogP contribution in [0.4, 0.5) is 5.69 Å². The maximum Gasteiger partial charge on any atom is 0.309 e. The third-order valence-electron chi connectivity index (χ3n) is 5.85. The number of likely N-dealkylation sites (tertiary alicyclic amines) is 1. The molecule has 1 saturated heterocycles. The molecule has 7 heteroatoms. The lowest BCUT2D eigenvalue weighted by molar-refractivity contribution is -0.886. The number of carbonyl (C=O) groups is 3. The molecule has 0 saturated carbocycles. The number of carbonyl (C=O) groups excluding carboxylic acids is 3. The highest BCUT2D eigenvalue weighted by atomic mass is 16.5. The molecule has 7 nitrogen and oxygen atoms in total. The molecule has 1 aromatic carbocycles. The molecule has 1 fully saturated rings. The Morgan fingerprint density at radius 1 is 1.24 bits per heavy atom. The standard InChI is InChI=1S/C22H33N3O4/c1-6-29-22(28)18-10-12-25(13-11-18)21(27)17(4)24(5)14-20(26)23-19-9-7-8-15(2)16(19)3/h7-9,17-18H,6,10-14H2,1-5H3,(H,23,26)/p+1/t17-/m0/s1. The Labute approximate surface area is 173 Å². The summed E-state index contributed by atoms with van der Waals surface area (Å²) in [6, 6.07) is 5.48. The lowest BCUT2D eigenvalue weighted by Crippen LogP contribution is -3.15. The molecule has 29 heavy (non-hydrogen) atoms. The van der Waals surface area contributed by atoms with Gasteiger partial charge in [0.2, 0.25) is 0 Å². The first-order valence-electron chi connectivity index (χ1n) is 10.4. The Kier molecular flexibility index (Phi) is 8.20. The van der Waals surface area contributed by atoms with E-state index < -0.39 is 0 Å². The summed E-state index contributed by atoms with van der Waals surface area (Å²) in [4.78, 5) is 39.8. The van der Waals surface area contributed by atoms with Crippen LogP contribution in [0, 0.1) is 19.8 Å². The Morgan fingerprint density at radius 2 is 1.90 bits per heavy atom. The fraction of sp³-hybridized carbons (Fsp3) is 0.591. The quantitative estimate of drug-likeness (QED) is 0.663. The molecule has 160 valence electrons. The van der Waals surface area contributed by atoms with Gasteiger partial charge in [0.15, 0.2) is 12.6 Å². The van der Waals surface area contributed by atoms with Crippen LogP contribution in [0.25, 0.3) is 0 Å². The third kappa shape index (κ3) is 6.03. The molecule has 2 atom stereocenters. The molecular weight excluding hydrogens is 370 g/mol. The van der Waals surface area contributed by atoms with Crippen LogP contribution in [0.2, 0.25) is 0 Å². The number of piperidine rings is 1. The second-order valence-electron chi connectivity index (χ2n) is 7.89. The lowest BCUT2D eigenvalue weighted by atomic mass is 9.96. The van der Waals surface area contributed by atoms with Crippen molar-refractivity contribution in [2.45, 2.75) is 46.6 Å². The Morgan fingerprint density at radius 3 is 2.52 bits per heavy atom. The molecular formula is C22H34N3O4+. The molecule has 1 unspecified atom stereocenters. The molecule has 0 spiro atoms. The van der Waals surface area contributed by atoms with Gasteiger partial charge in [0.25, 0.3) is 11.8 Å². The van der Waals surface area contributed by atoms with Crippen LogP contribution >= 0.6 is 0 Å². The molecule has 1 aromatic rings. The summed E-state index contributed by atoms with van der Waals surface area (Å²) in [6.45, 7) is 9.32. The summed E-state index contributed by atoms with van der Waals surface area (Å²) in [7, 11) is 1.86. The molecule has 0 radical (unpaired) electrons. The van der Waals surface area contributed by atoms with E-state index in [1.54, 1.807) is 11.8 Å². The number of benzene rings is 1. The summed E-state index contributed by atoms with van der Waals surface area (Å²) < 4.78 is 5.08. The number of aryl methyl sites for hydroxylation is 1. The minimum atomic E-state index is -0.335. The van der Waals surface area contributed by atoms with Crippen LogP contribution in [0.5, 0.6) is 0 Å². The Balaban J connectivity index is 1.85. The van der Waals surface area contributed by atoms with Gasteiger partial charge in [-0.3, -0.25) is 14.4 Å². The number of hydrogen-bond donors (Lipinski definition) is 2. The van der Waals surface area contributed by atoms with E-state index in [1.807, 2.05) is 46.0 Å². The number of nitrogens with one attached hydrogen (secondary N) is 2. The lowest BCUT2D eigenvalue weighted by Gasteiger charge is -2.33. The van der Waals surface area contributed by atoms with Crippen molar-refractivity contribution in [3.05, 3.63) is 29.3 Å². The number of nitrogens with zero attached hydrogens (tertiary/aromatic N) is 1. The van der Waals surface area contributed by atoms with Gasteiger partial charge in [-0.15, -0.1) is 0 Å². The maximum absolute atomic E-state index is 12.8. The van der Waals surface area contributed by atoms with E-state index in [4.69, 9.17) is 4.74 Å². The molecule has 2 rings (SSSR count). The van der Waals surface area contributed by atoms with Crippen molar-refractivity contribution in [1.29, 1.82) is 0 Å². The highest BCUT2D eigenvalue weighted by molar-refractivity contribution is 5.92. The number of amides is 2. The number of ether oxygens (including phenoxy) is 1. The van der Waals surface area contributed by atoms with Crippen LogP contribution in [-0.2, 0) is 19.1 Å². The second-order valence-corrected chi connectivity index (χ2v) is 7.89. The van der Waals surface area contributed by atoms with Crippen molar-refractivity contribution >= 4 is 23.5 Å². The van der Waals surface area contributed by atoms with Gasteiger partial charge < -0.3 is 19.9 Å². The van der Waals surface area contributed by atoms with Crippen molar-refractivity contribution in [3.63, 3.8) is 0 Å². The Bertz CT molecular complexity index is 742. The van der Waals surface area contributed by atoms with Gasteiger partial charge in [0.1, 0.15) is 0 Å². The highest BCUT2D eigenvalue weighted by Crippen LogP contribution is 2.19. The van der Waals surface area contributed by atoms with E-state index in [0.717, 1.165) is 21.7 Å². The first kappa shape index (κ1) is 22.9. The number of quaternary nitrogens is 1. The summed E-state index contributed by atoms with van der Waals surface area (Å²) in [5, 5.41) is 2.95. The van der Waals surface area contributed by atoms with Gasteiger partial charge in [-0.2, -0.15) is 0 Å². The zero-order valence-electron chi connectivity index (χ0n) is 18.2. The smallest absolute Gasteiger partial charge is 0.309 e. The van der Waals surface area contributed by atoms with Crippen LogP contribution in [0.3, 0.4) is 0 Å². The fourth-order valence-corrected chi connectivity index (χ4v) is 3.57. The Hall–Kier alpha value is -2.41. The van der Waals surface area contributed by atoms with Crippen molar-refractivity contribution in [3.8, 4) is 0 Å². The predicted molar refractivity (Wildman–Crippen MR) is 112 cm³/mol. The molecule has 1 heterocycles. The van der Waals surface area contributed by atoms with Gasteiger partial charge in [-0.05, 0) is 57.7 Å². The third-order valence-corrected chi connectivity index (χ3v) is 5.85. The summed E-state index contributed by atoms with van der Waals surface area (Å²) in [5.74, 6) is -0.387. The summed E-state index contributed by atoms with van der Waals surface area (Å²) in [5.41, 5.74) is 2.98. The molecule has 2 amide bonds.